The molecule has 1 N–H and O–H groups in total. The molecule has 0 unspecified atom stereocenters. The van der Waals surface area contributed by atoms with Gasteiger partial charge in [0.05, 0.1) is 5.60 Å². The minimum atomic E-state index is -0.562. The molecule has 0 aliphatic heterocycles. The summed E-state index contributed by atoms with van der Waals surface area (Å²) >= 11 is 0. The predicted molar refractivity (Wildman–Crippen MR) is 34.1 cm³/mol. The third kappa shape index (κ3) is 1.86. The second-order valence-electron chi connectivity index (χ2n) is 3.04. The molecule has 0 saturated heterocycles. The van der Waals surface area contributed by atoms with Gasteiger partial charge in [-0.05, 0) is 19.8 Å². The molecule has 0 heterocycles. The fourth-order valence-electron chi connectivity index (χ4n) is 1.07. The summed E-state index contributed by atoms with van der Waals surface area (Å²) in [5.74, 6) is 0.293. The Morgan fingerprint density at radius 3 is 2.10 bits per heavy atom. The Labute approximate surface area is 54.9 Å². The summed E-state index contributed by atoms with van der Waals surface area (Å²) in [5.41, 5.74) is -0.562. The molecule has 0 aromatic heterocycles. The Hall–Kier alpha value is -1.37. The van der Waals surface area contributed by atoms with Crippen molar-refractivity contribution < 1.29 is 9.90 Å². The van der Waals surface area contributed by atoms with Crippen LogP contribution in [0.5, 0.6) is 0 Å². The Balaban J connectivity index is 0.000000810. The van der Waals surface area contributed by atoms with Gasteiger partial charge in [-0.2, -0.15) is 0 Å². The Morgan fingerprint density at radius 2 is 1.80 bits per heavy atom. The molecule has 2 nitrogen and oxygen atoms in total. The largest absolute Gasteiger partial charge is 0.390 e. The van der Waals surface area contributed by atoms with Crippen LogP contribution in [0.15, 0.2) is 0 Å². The molecule has 1 aliphatic rings. The van der Waals surface area contributed by atoms with Gasteiger partial charge in [-0.25, -0.2) is 0 Å². The first-order valence-corrected chi connectivity index (χ1v) is 3.34. The molecule has 1 fully saturated rings. The van der Waals surface area contributed by atoms with Gasteiger partial charge in [0.25, 0.3) is 0 Å². The number of Topliss-reactive ketones (excluding diaryl/α,β-unsaturated/α-hetero) is 1. The summed E-state index contributed by atoms with van der Waals surface area (Å²) in [7, 11) is 0. The predicted octanol–water partition coefficient (Wildman–Crippen LogP) is 0.881. The average molecular weight is 395 g/mol. The SMILES string of the molecule is CC1(O)CCC(=O)CC1.[Rf]. The van der Waals surface area contributed by atoms with Crippen molar-refractivity contribution in [2.24, 2.45) is 0 Å². The van der Waals surface area contributed by atoms with Gasteiger partial charge < -0.3 is 5.11 Å². The van der Waals surface area contributed by atoms with Crippen molar-refractivity contribution in [2.75, 3.05) is 0 Å². The maximum atomic E-state index is 10.6. The molecule has 0 amide bonds. The molecule has 0 aromatic rings. The number of aliphatic hydroxyl groups is 1. The average Bonchev–Trinajstić information content (AvgIpc) is 1.78. The van der Waals surface area contributed by atoms with Gasteiger partial charge in [0.15, 0.2) is 0 Å². The van der Waals surface area contributed by atoms with Gasteiger partial charge in [-0.1, -0.05) is 0 Å². The van der Waals surface area contributed by atoms with Crippen molar-refractivity contribution in [3.8, 4) is 0 Å². The third-order valence-electron chi connectivity index (χ3n) is 1.88. The summed E-state index contributed by atoms with van der Waals surface area (Å²) in [6, 6.07) is 0. The van der Waals surface area contributed by atoms with Crippen LogP contribution in [0.25, 0.3) is 0 Å². The van der Waals surface area contributed by atoms with E-state index in [-0.39, 0.29) is 0 Å². The summed E-state index contributed by atoms with van der Waals surface area (Å²) < 4.78 is 0. The second kappa shape index (κ2) is 2.48. The van der Waals surface area contributed by atoms with E-state index in [4.69, 9.17) is 0 Å². The van der Waals surface area contributed by atoms with Crippen LogP contribution in [0.1, 0.15) is 32.6 Å². The standard InChI is InChI=1S/C7H12O2.Rf/c1-7(9)4-2-6(8)3-5-7;/h9H,2-5H2,1H3;. The third-order valence-corrected chi connectivity index (χ3v) is 1.88. The molecule has 0 spiro atoms. The molecular formula is C7H12O2Rf. The van der Waals surface area contributed by atoms with Crippen LogP contribution < -0.4 is 0 Å². The number of hydrogen-bond donors (Lipinski definition) is 1. The quantitative estimate of drug-likeness (QED) is 0.662. The Bertz CT molecular complexity index is 120. The molecule has 3 heteroatoms. The zero-order valence-corrected chi connectivity index (χ0v) is 12.8. The summed E-state index contributed by atoms with van der Waals surface area (Å²) in [6.07, 6.45) is 2.41. The smallest absolute Gasteiger partial charge is 0.133 e. The first kappa shape index (κ1) is 8.63. The van der Waals surface area contributed by atoms with Crippen molar-refractivity contribution in [1.82, 2.24) is 0 Å². The fourth-order valence-corrected chi connectivity index (χ4v) is 1.07. The summed E-state index contributed by atoms with van der Waals surface area (Å²) in [4.78, 5) is 10.6. The van der Waals surface area contributed by atoms with Crippen LogP contribution in [0.2, 0.25) is 0 Å². The normalized spacial score (nSPS) is 23.6. The van der Waals surface area contributed by atoms with Crippen LogP contribution in [0, 0.1) is 0 Å². The van der Waals surface area contributed by atoms with Crippen LogP contribution >= 0.6 is 0 Å². The van der Waals surface area contributed by atoms with E-state index in [1.54, 1.807) is 6.92 Å². The van der Waals surface area contributed by atoms with Crippen LogP contribution in [-0.2, 0) is 4.79 Å². The first-order valence-electron chi connectivity index (χ1n) is 3.34. The van der Waals surface area contributed by atoms with E-state index in [1.807, 2.05) is 0 Å². The minimum Gasteiger partial charge on any atom is -0.390 e. The van der Waals surface area contributed by atoms with E-state index >= 15 is 0 Å². The molecule has 0 aromatic carbocycles. The molecule has 0 atom stereocenters. The maximum Gasteiger partial charge on any atom is 0.133 e. The Kier molecular flexibility index (Phi) is 2.14. The van der Waals surface area contributed by atoms with E-state index in [1.165, 1.54) is 0 Å². The van der Waals surface area contributed by atoms with Crippen LogP contribution in [-0.4, -0.2) is 16.5 Å². The van der Waals surface area contributed by atoms with Crippen LogP contribution in [0.4, 0.5) is 0 Å². The van der Waals surface area contributed by atoms with Crippen molar-refractivity contribution in [1.29, 1.82) is 0 Å². The van der Waals surface area contributed by atoms with Crippen LogP contribution in [0.3, 0.4) is 0 Å². The zero-order valence-electron chi connectivity index (χ0n) is 6.39. The number of hydrogen-bond acceptors (Lipinski definition) is 2. The monoisotopic (exact) mass is 395 g/mol. The first-order chi connectivity index (χ1) is 4.10. The van der Waals surface area contributed by atoms with Crippen molar-refractivity contribution in [3.05, 3.63) is 0 Å². The van der Waals surface area contributed by atoms with Crippen molar-refractivity contribution in [2.45, 2.75) is 38.2 Å². The van der Waals surface area contributed by atoms with E-state index in [0.29, 0.717) is 31.5 Å². The maximum absolute atomic E-state index is 10.6. The molecule has 1 aliphatic carbocycles. The number of carbonyl (C=O) groups excluding carboxylic acids is 1. The van der Waals surface area contributed by atoms with Gasteiger partial charge >= 0.3 is 0 Å². The van der Waals surface area contributed by atoms with Gasteiger partial charge in [0.1, 0.15) is 5.78 Å². The summed E-state index contributed by atoms with van der Waals surface area (Å²) in [6.45, 7) is 1.79. The molecule has 54 valence electrons. The molecule has 0 radical (unpaired) electrons. The molecule has 1 rings (SSSR count). The van der Waals surface area contributed by atoms with E-state index in [9.17, 15) is 9.90 Å². The second-order valence-corrected chi connectivity index (χ2v) is 3.04. The zero-order chi connectivity index (χ0) is 6.91. The van der Waals surface area contributed by atoms with E-state index < -0.39 is 5.60 Å². The summed E-state index contributed by atoms with van der Waals surface area (Å²) in [5, 5.41) is 9.34. The Morgan fingerprint density at radius 1 is 1.40 bits per heavy atom. The molecular weight excluding hydrogens is 383 g/mol. The van der Waals surface area contributed by atoms with Gasteiger partial charge in [-0.15, -0.1) is 0 Å². The number of rotatable bonds is 0. The molecule has 10 heavy (non-hydrogen) atoms. The van der Waals surface area contributed by atoms with E-state index in [0.717, 1.165) is 0 Å². The van der Waals surface area contributed by atoms with Gasteiger partial charge in [0, 0.05) is 12.8 Å². The fraction of sp³-hybridized carbons (Fsp3) is 0.857. The van der Waals surface area contributed by atoms with E-state index in [2.05, 4.69) is 0 Å². The van der Waals surface area contributed by atoms with Crippen molar-refractivity contribution in [3.63, 3.8) is 0 Å². The molecule has 1 saturated carbocycles. The minimum absolute atomic E-state index is 0. The topological polar surface area (TPSA) is 37.3 Å². The molecule has 0 bridgehead atoms. The number of carbonyl (C=O) groups is 1. The van der Waals surface area contributed by atoms with Gasteiger partial charge in [0.2, 0.25) is 0 Å². The van der Waals surface area contributed by atoms with Crippen molar-refractivity contribution >= 4 is 5.78 Å². The number of ketones is 1. The van der Waals surface area contributed by atoms with Gasteiger partial charge in [-0.3, -0.25) is 4.79 Å².